The van der Waals surface area contributed by atoms with Crippen LogP contribution in [0.4, 0.5) is 4.39 Å². The average molecular weight is 210 g/mol. The highest BCUT2D eigenvalue weighted by Crippen LogP contribution is 2.37. The standard InChI is InChI=1S/C12H15FO2/c1-15-11-7-3-5-9(12(11)13)8-4-2-6-10(8)14/h3,5,7-8,10,14H,2,4,6H2,1H3. The fourth-order valence-electron chi connectivity index (χ4n) is 2.28. The number of hydrogen-bond acceptors (Lipinski definition) is 2. The molecule has 0 heterocycles. The molecule has 2 unspecified atom stereocenters. The molecule has 0 aliphatic heterocycles. The Hall–Kier alpha value is -1.09. The Morgan fingerprint density at radius 3 is 2.80 bits per heavy atom. The quantitative estimate of drug-likeness (QED) is 0.812. The van der Waals surface area contributed by atoms with Crippen molar-refractivity contribution in [2.24, 2.45) is 0 Å². The SMILES string of the molecule is COc1cccc(C2CCCC2O)c1F. The molecule has 2 atom stereocenters. The molecule has 1 saturated carbocycles. The van der Waals surface area contributed by atoms with Crippen molar-refractivity contribution < 1.29 is 14.2 Å². The van der Waals surface area contributed by atoms with Crippen molar-refractivity contribution in [3.05, 3.63) is 29.6 Å². The van der Waals surface area contributed by atoms with Gasteiger partial charge in [0.2, 0.25) is 0 Å². The van der Waals surface area contributed by atoms with Crippen LogP contribution in [0, 0.1) is 5.82 Å². The molecule has 0 aromatic heterocycles. The Morgan fingerprint density at radius 1 is 1.40 bits per heavy atom. The molecule has 1 aromatic rings. The lowest BCUT2D eigenvalue weighted by atomic mass is 9.95. The Kier molecular flexibility index (Phi) is 2.91. The zero-order valence-electron chi connectivity index (χ0n) is 8.74. The second kappa shape index (κ2) is 4.19. The Morgan fingerprint density at radius 2 is 2.20 bits per heavy atom. The first-order valence-corrected chi connectivity index (χ1v) is 5.24. The molecule has 3 heteroatoms. The summed E-state index contributed by atoms with van der Waals surface area (Å²) in [6, 6.07) is 5.10. The summed E-state index contributed by atoms with van der Waals surface area (Å²) in [4.78, 5) is 0. The maximum atomic E-state index is 13.9. The highest BCUT2D eigenvalue weighted by molar-refractivity contribution is 5.34. The van der Waals surface area contributed by atoms with Crippen molar-refractivity contribution in [2.45, 2.75) is 31.3 Å². The second-order valence-corrected chi connectivity index (χ2v) is 3.97. The van der Waals surface area contributed by atoms with Gasteiger partial charge in [0, 0.05) is 5.92 Å². The van der Waals surface area contributed by atoms with E-state index in [0.717, 1.165) is 19.3 Å². The minimum atomic E-state index is -0.411. The number of hydrogen-bond donors (Lipinski definition) is 1. The number of methoxy groups -OCH3 is 1. The molecule has 15 heavy (non-hydrogen) atoms. The highest BCUT2D eigenvalue weighted by Gasteiger charge is 2.29. The molecule has 0 amide bonds. The van der Waals surface area contributed by atoms with Crippen molar-refractivity contribution in [1.29, 1.82) is 0 Å². The Bertz CT molecular complexity index is 351. The van der Waals surface area contributed by atoms with Gasteiger partial charge in [0.1, 0.15) is 0 Å². The maximum Gasteiger partial charge on any atom is 0.168 e. The lowest BCUT2D eigenvalue weighted by Gasteiger charge is -2.16. The third-order valence-corrected chi connectivity index (χ3v) is 3.09. The van der Waals surface area contributed by atoms with E-state index in [1.165, 1.54) is 7.11 Å². The highest BCUT2D eigenvalue weighted by atomic mass is 19.1. The molecular formula is C12H15FO2. The van der Waals surface area contributed by atoms with E-state index in [2.05, 4.69) is 0 Å². The Balaban J connectivity index is 2.35. The van der Waals surface area contributed by atoms with E-state index in [9.17, 15) is 9.50 Å². The normalized spacial score (nSPS) is 25.5. The summed E-state index contributed by atoms with van der Waals surface area (Å²) >= 11 is 0. The molecule has 2 nitrogen and oxygen atoms in total. The van der Waals surface area contributed by atoms with Gasteiger partial charge in [-0.2, -0.15) is 0 Å². The fourth-order valence-corrected chi connectivity index (χ4v) is 2.28. The molecule has 1 aromatic carbocycles. The number of rotatable bonds is 2. The van der Waals surface area contributed by atoms with Crippen LogP contribution in [0.3, 0.4) is 0 Å². The summed E-state index contributed by atoms with van der Waals surface area (Å²) in [5.74, 6) is -0.141. The van der Waals surface area contributed by atoms with Crippen LogP contribution in [0.2, 0.25) is 0 Å². The van der Waals surface area contributed by atoms with Crippen LogP contribution in [0.1, 0.15) is 30.7 Å². The van der Waals surface area contributed by atoms with E-state index in [4.69, 9.17) is 4.74 Å². The molecule has 0 radical (unpaired) electrons. The van der Waals surface area contributed by atoms with Gasteiger partial charge in [0.05, 0.1) is 13.2 Å². The van der Waals surface area contributed by atoms with E-state index in [0.29, 0.717) is 5.56 Å². The summed E-state index contributed by atoms with van der Waals surface area (Å²) in [6.07, 6.45) is 2.17. The number of ether oxygens (including phenoxy) is 1. The molecule has 82 valence electrons. The number of aliphatic hydroxyl groups is 1. The predicted molar refractivity (Wildman–Crippen MR) is 55.6 cm³/mol. The second-order valence-electron chi connectivity index (χ2n) is 3.97. The molecule has 1 N–H and O–H groups in total. The molecule has 0 spiro atoms. The van der Waals surface area contributed by atoms with Crippen LogP contribution in [0.25, 0.3) is 0 Å². The van der Waals surface area contributed by atoms with Crippen molar-refractivity contribution in [2.75, 3.05) is 7.11 Å². The molecule has 1 aliphatic carbocycles. The molecular weight excluding hydrogens is 195 g/mol. The van der Waals surface area contributed by atoms with E-state index in [-0.39, 0.29) is 17.5 Å². The van der Waals surface area contributed by atoms with Gasteiger partial charge in [-0.3, -0.25) is 0 Å². The lowest BCUT2D eigenvalue weighted by Crippen LogP contribution is -2.12. The third kappa shape index (κ3) is 1.84. The fraction of sp³-hybridized carbons (Fsp3) is 0.500. The van der Waals surface area contributed by atoms with E-state index >= 15 is 0 Å². The van der Waals surface area contributed by atoms with Gasteiger partial charge in [-0.05, 0) is 24.5 Å². The lowest BCUT2D eigenvalue weighted by molar-refractivity contribution is 0.162. The number of halogens is 1. The summed E-state index contributed by atoms with van der Waals surface area (Å²) in [5.41, 5.74) is 0.583. The van der Waals surface area contributed by atoms with Gasteiger partial charge in [-0.1, -0.05) is 18.6 Å². The molecule has 1 aliphatic rings. The van der Waals surface area contributed by atoms with Gasteiger partial charge in [0.15, 0.2) is 11.6 Å². The van der Waals surface area contributed by atoms with Gasteiger partial charge in [-0.15, -0.1) is 0 Å². The van der Waals surface area contributed by atoms with Crippen molar-refractivity contribution in [1.82, 2.24) is 0 Å². The number of aliphatic hydroxyl groups excluding tert-OH is 1. The van der Waals surface area contributed by atoms with E-state index < -0.39 is 6.10 Å². The molecule has 0 bridgehead atoms. The predicted octanol–water partition coefficient (Wildman–Crippen LogP) is 2.46. The van der Waals surface area contributed by atoms with Gasteiger partial charge in [-0.25, -0.2) is 4.39 Å². The van der Waals surface area contributed by atoms with Crippen LogP contribution in [0.15, 0.2) is 18.2 Å². The average Bonchev–Trinajstić information content (AvgIpc) is 2.65. The van der Waals surface area contributed by atoms with Crippen molar-refractivity contribution >= 4 is 0 Å². The monoisotopic (exact) mass is 210 g/mol. The number of benzene rings is 1. The van der Waals surface area contributed by atoms with Gasteiger partial charge >= 0.3 is 0 Å². The first kappa shape index (κ1) is 10.4. The van der Waals surface area contributed by atoms with Crippen LogP contribution < -0.4 is 4.74 Å². The summed E-state index contributed by atoms with van der Waals surface area (Å²) < 4.78 is 18.8. The van der Waals surface area contributed by atoms with Crippen LogP contribution in [0.5, 0.6) is 5.75 Å². The summed E-state index contributed by atoms with van der Waals surface area (Å²) in [6.45, 7) is 0. The minimum Gasteiger partial charge on any atom is -0.494 e. The largest absolute Gasteiger partial charge is 0.494 e. The minimum absolute atomic E-state index is 0.0694. The Labute approximate surface area is 88.7 Å². The first-order valence-electron chi connectivity index (χ1n) is 5.24. The van der Waals surface area contributed by atoms with Crippen LogP contribution in [-0.4, -0.2) is 18.3 Å². The zero-order chi connectivity index (χ0) is 10.8. The van der Waals surface area contributed by atoms with Crippen LogP contribution >= 0.6 is 0 Å². The topological polar surface area (TPSA) is 29.5 Å². The van der Waals surface area contributed by atoms with E-state index in [1.807, 2.05) is 0 Å². The smallest absolute Gasteiger partial charge is 0.168 e. The van der Waals surface area contributed by atoms with Crippen molar-refractivity contribution in [3.63, 3.8) is 0 Å². The summed E-state index contributed by atoms with van der Waals surface area (Å²) in [5, 5.41) is 9.72. The van der Waals surface area contributed by atoms with E-state index in [1.54, 1.807) is 18.2 Å². The molecule has 1 fully saturated rings. The first-order chi connectivity index (χ1) is 7.24. The molecule has 0 saturated heterocycles. The van der Waals surface area contributed by atoms with Crippen molar-refractivity contribution in [3.8, 4) is 5.75 Å². The van der Waals surface area contributed by atoms with Crippen LogP contribution in [-0.2, 0) is 0 Å². The van der Waals surface area contributed by atoms with Gasteiger partial charge < -0.3 is 9.84 Å². The molecule has 2 rings (SSSR count). The maximum absolute atomic E-state index is 13.9. The third-order valence-electron chi connectivity index (χ3n) is 3.09. The van der Waals surface area contributed by atoms with Gasteiger partial charge in [0.25, 0.3) is 0 Å². The zero-order valence-corrected chi connectivity index (χ0v) is 8.74. The summed E-state index contributed by atoms with van der Waals surface area (Å²) in [7, 11) is 1.45.